The Hall–Kier alpha value is -4.53. The minimum Gasteiger partial charge on any atom is -0.506 e. The molecule has 0 atom stereocenters. The van der Waals surface area contributed by atoms with E-state index in [9.17, 15) is 29.6 Å². The summed E-state index contributed by atoms with van der Waals surface area (Å²) in [5.41, 5.74) is 0.691. The van der Waals surface area contributed by atoms with Gasteiger partial charge in [-0.15, -0.1) is 0 Å². The van der Waals surface area contributed by atoms with Gasteiger partial charge in [0.1, 0.15) is 5.75 Å². The van der Waals surface area contributed by atoms with Crippen LogP contribution in [0.1, 0.15) is 31.1 Å². The Kier molecular flexibility index (Phi) is 4.47. The van der Waals surface area contributed by atoms with Crippen molar-refractivity contribution in [1.82, 2.24) is 0 Å². The van der Waals surface area contributed by atoms with E-state index in [4.69, 9.17) is 0 Å². The molecule has 0 fully saturated rings. The molecule has 9 heteroatoms. The first-order chi connectivity index (χ1) is 14.4. The average molecular weight is 403 g/mol. The molecule has 0 unspecified atom stereocenters. The summed E-state index contributed by atoms with van der Waals surface area (Å²) in [6.45, 7) is 0. The lowest BCUT2D eigenvalue weighted by Gasteiger charge is -2.14. The number of hydrogen-bond acceptors (Lipinski definition) is 6. The summed E-state index contributed by atoms with van der Waals surface area (Å²) >= 11 is 0. The molecule has 1 aliphatic heterocycles. The number of nitrogens with zero attached hydrogens (tertiary/aromatic N) is 2. The molecule has 3 aromatic rings. The van der Waals surface area contributed by atoms with Crippen molar-refractivity contribution >= 4 is 34.8 Å². The summed E-state index contributed by atoms with van der Waals surface area (Å²) in [6, 6.07) is 15.5. The number of carbonyl (C=O) groups excluding carboxylic acids is 3. The van der Waals surface area contributed by atoms with Gasteiger partial charge in [-0.3, -0.25) is 24.5 Å². The highest BCUT2D eigenvalue weighted by molar-refractivity contribution is 6.34. The second kappa shape index (κ2) is 7.13. The maximum atomic E-state index is 12.5. The van der Waals surface area contributed by atoms with Crippen LogP contribution in [0.25, 0.3) is 0 Å². The Balaban J connectivity index is 1.56. The number of phenols is 1. The summed E-state index contributed by atoms with van der Waals surface area (Å²) < 4.78 is 0. The number of hydrogen-bond donors (Lipinski definition) is 2. The highest BCUT2D eigenvalue weighted by Crippen LogP contribution is 2.30. The third kappa shape index (κ3) is 3.14. The zero-order valence-electron chi connectivity index (χ0n) is 15.2. The van der Waals surface area contributed by atoms with Crippen molar-refractivity contribution in [1.29, 1.82) is 0 Å². The molecule has 0 radical (unpaired) electrons. The van der Waals surface area contributed by atoms with Crippen LogP contribution in [0.15, 0.2) is 66.7 Å². The number of non-ortho nitro benzene ring substituents is 1. The zero-order valence-corrected chi connectivity index (χ0v) is 15.2. The van der Waals surface area contributed by atoms with Crippen LogP contribution in [0.2, 0.25) is 0 Å². The first-order valence-corrected chi connectivity index (χ1v) is 8.73. The molecule has 4 rings (SSSR count). The molecular formula is C21H13N3O6. The SMILES string of the molecule is O=C(Nc1cc([N+](=O)[O-])ccc1O)c1ccc(N2C(=O)c3ccccc3C2=O)cc1. The second-order valence-electron chi connectivity index (χ2n) is 6.45. The zero-order chi connectivity index (χ0) is 21.4. The molecule has 9 nitrogen and oxygen atoms in total. The molecule has 0 aromatic heterocycles. The molecule has 0 spiro atoms. The van der Waals surface area contributed by atoms with Gasteiger partial charge in [0.05, 0.1) is 27.4 Å². The molecule has 148 valence electrons. The minimum absolute atomic E-state index is 0.112. The van der Waals surface area contributed by atoms with Crippen LogP contribution in [-0.2, 0) is 0 Å². The number of anilines is 2. The monoisotopic (exact) mass is 403 g/mol. The van der Waals surface area contributed by atoms with Gasteiger partial charge < -0.3 is 10.4 Å². The Bertz CT molecular complexity index is 1180. The van der Waals surface area contributed by atoms with E-state index in [1.54, 1.807) is 24.3 Å². The van der Waals surface area contributed by atoms with E-state index in [0.717, 1.165) is 23.1 Å². The molecular weight excluding hydrogens is 390 g/mol. The van der Waals surface area contributed by atoms with Crippen molar-refractivity contribution < 1.29 is 24.4 Å². The van der Waals surface area contributed by atoms with E-state index in [-0.39, 0.29) is 22.7 Å². The number of nitro benzene ring substituents is 1. The summed E-state index contributed by atoms with van der Waals surface area (Å²) in [7, 11) is 0. The molecule has 1 heterocycles. The van der Waals surface area contributed by atoms with Crippen molar-refractivity contribution in [2.75, 3.05) is 10.2 Å². The number of nitro groups is 1. The minimum atomic E-state index is -0.647. The van der Waals surface area contributed by atoms with E-state index in [1.165, 1.54) is 24.3 Å². The predicted molar refractivity (Wildman–Crippen MR) is 107 cm³/mol. The van der Waals surface area contributed by atoms with Crippen LogP contribution in [0, 0.1) is 10.1 Å². The Labute approximate surface area is 169 Å². The van der Waals surface area contributed by atoms with Gasteiger partial charge in [0.25, 0.3) is 23.4 Å². The van der Waals surface area contributed by atoms with Crippen molar-refractivity contribution in [3.05, 3.63) is 93.5 Å². The average Bonchev–Trinajstić information content (AvgIpc) is 3.00. The molecule has 2 N–H and O–H groups in total. The van der Waals surface area contributed by atoms with Crippen LogP contribution in [-0.4, -0.2) is 27.8 Å². The summed E-state index contributed by atoms with van der Waals surface area (Å²) in [5.74, 6) is -1.85. The fourth-order valence-corrected chi connectivity index (χ4v) is 3.12. The van der Waals surface area contributed by atoms with E-state index in [0.29, 0.717) is 16.8 Å². The molecule has 3 aromatic carbocycles. The Morgan fingerprint density at radius 1 is 0.933 bits per heavy atom. The number of nitrogens with one attached hydrogen (secondary N) is 1. The molecule has 0 bridgehead atoms. The van der Waals surface area contributed by atoms with Crippen molar-refractivity contribution in [2.45, 2.75) is 0 Å². The van der Waals surface area contributed by atoms with E-state index < -0.39 is 22.6 Å². The quantitative estimate of drug-likeness (QED) is 0.297. The molecule has 0 saturated carbocycles. The van der Waals surface area contributed by atoms with Crippen LogP contribution in [0.4, 0.5) is 17.1 Å². The first kappa shape index (κ1) is 18.8. The number of aromatic hydroxyl groups is 1. The lowest BCUT2D eigenvalue weighted by Crippen LogP contribution is -2.29. The van der Waals surface area contributed by atoms with E-state index in [2.05, 4.69) is 5.32 Å². The van der Waals surface area contributed by atoms with Crippen LogP contribution in [0.3, 0.4) is 0 Å². The van der Waals surface area contributed by atoms with E-state index in [1.807, 2.05) is 0 Å². The van der Waals surface area contributed by atoms with Crippen LogP contribution in [0.5, 0.6) is 5.75 Å². The van der Waals surface area contributed by atoms with Crippen molar-refractivity contribution in [3.8, 4) is 5.75 Å². The van der Waals surface area contributed by atoms with Crippen LogP contribution >= 0.6 is 0 Å². The number of amides is 3. The van der Waals surface area contributed by atoms with Gasteiger partial charge in [-0.05, 0) is 42.5 Å². The second-order valence-corrected chi connectivity index (χ2v) is 6.45. The van der Waals surface area contributed by atoms with Crippen molar-refractivity contribution in [3.63, 3.8) is 0 Å². The number of imide groups is 1. The Morgan fingerprint density at radius 3 is 2.10 bits per heavy atom. The van der Waals surface area contributed by atoms with Gasteiger partial charge >= 0.3 is 0 Å². The van der Waals surface area contributed by atoms with Gasteiger partial charge in [0.2, 0.25) is 0 Å². The predicted octanol–water partition coefficient (Wildman–Crippen LogP) is 3.35. The maximum absolute atomic E-state index is 12.5. The third-order valence-corrected chi connectivity index (χ3v) is 4.62. The molecule has 0 aliphatic carbocycles. The van der Waals surface area contributed by atoms with E-state index >= 15 is 0 Å². The number of rotatable bonds is 4. The number of fused-ring (bicyclic) bond motifs is 1. The third-order valence-electron chi connectivity index (χ3n) is 4.62. The topological polar surface area (TPSA) is 130 Å². The van der Waals surface area contributed by atoms with Gasteiger partial charge in [0.15, 0.2) is 0 Å². The highest BCUT2D eigenvalue weighted by Gasteiger charge is 2.36. The van der Waals surface area contributed by atoms with Gasteiger partial charge in [-0.1, -0.05) is 12.1 Å². The van der Waals surface area contributed by atoms with Gasteiger partial charge in [-0.2, -0.15) is 0 Å². The van der Waals surface area contributed by atoms with Crippen molar-refractivity contribution in [2.24, 2.45) is 0 Å². The summed E-state index contributed by atoms with van der Waals surface area (Å²) in [4.78, 5) is 48.8. The molecule has 1 aliphatic rings. The number of benzene rings is 3. The smallest absolute Gasteiger partial charge is 0.271 e. The highest BCUT2D eigenvalue weighted by atomic mass is 16.6. The normalized spacial score (nSPS) is 12.6. The molecule has 0 saturated heterocycles. The van der Waals surface area contributed by atoms with Gasteiger partial charge in [0, 0.05) is 17.7 Å². The maximum Gasteiger partial charge on any atom is 0.271 e. The fraction of sp³-hybridized carbons (Fsp3) is 0. The summed E-state index contributed by atoms with van der Waals surface area (Å²) in [6.07, 6.45) is 0. The summed E-state index contributed by atoms with van der Waals surface area (Å²) in [5, 5.41) is 23.1. The first-order valence-electron chi connectivity index (χ1n) is 8.73. The number of carbonyl (C=O) groups is 3. The van der Waals surface area contributed by atoms with Gasteiger partial charge in [-0.25, -0.2) is 4.90 Å². The largest absolute Gasteiger partial charge is 0.506 e. The molecule has 3 amide bonds. The lowest BCUT2D eigenvalue weighted by atomic mass is 10.1. The molecule has 30 heavy (non-hydrogen) atoms. The lowest BCUT2D eigenvalue weighted by molar-refractivity contribution is -0.384. The fourth-order valence-electron chi connectivity index (χ4n) is 3.12. The standard InChI is InChI=1S/C21H13N3O6/c25-18-10-9-14(24(29)30)11-17(18)22-19(26)12-5-7-13(8-6-12)23-20(27)15-3-1-2-4-16(15)21(23)28/h1-11,25H,(H,22,26). The Morgan fingerprint density at radius 2 is 1.53 bits per heavy atom. The number of phenolic OH excluding ortho intramolecular Hbond substituents is 1. The van der Waals surface area contributed by atoms with Crippen LogP contribution < -0.4 is 10.2 Å².